The lowest BCUT2D eigenvalue weighted by Gasteiger charge is -2.31. The Morgan fingerprint density at radius 2 is 2.37 bits per heavy atom. The maximum absolute atomic E-state index is 12.4. The zero-order valence-electron chi connectivity index (χ0n) is 10.3. The van der Waals surface area contributed by atoms with Gasteiger partial charge in [0.15, 0.2) is 0 Å². The number of piperidine rings is 1. The Morgan fingerprint density at radius 1 is 1.47 bits per heavy atom. The predicted molar refractivity (Wildman–Crippen MR) is 78.5 cm³/mol. The minimum Gasteiger partial charge on any atom is -0.337 e. The van der Waals surface area contributed by atoms with Crippen LogP contribution in [-0.4, -0.2) is 34.1 Å². The lowest BCUT2D eigenvalue weighted by Crippen LogP contribution is -2.38. The van der Waals surface area contributed by atoms with Crippen LogP contribution >= 0.6 is 27.3 Å². The van der Waals surface area contributed by atoms with Crippen molar-refractivity contribution >= 4 is 33.2 Å². The number of halogens is 1. The average molecular weight is 340 g/mol. The number of aromatic amines is 1. The molecule has 100 valence electrons. The third kappa shape index (κ3) is 2.74. The first kappa shape index (κ1) is 12.9. The van der Waals surface area contributed by atoms with Crippen LogP contribution in [0.3, 0.4) is 0 Å². The number of rotatable bonds is 2. The molecule has 0 saturated carbocycles. The van der Waals surface area contributed by atoms with Gasteiger partial charge in [0.05, 0.1) is 8.66 Å². The van der Waals surface area contributed by atoms with Gasteiger partial charge < -0.3 is 4.90 Å². The van der Waals surface area contributed by atoms with Gasteiger partial charge in [0.1, 0.15) is 0 Å². The molecule has 2 aromatic heterocycles. The number of hydrogen-bond donors (Lipinski definition) is 1. The van der Waals surface area contributed by atoms with Gasteiger partial charge in [-0.3, -0.25) is 9.89 Å². The van der Waals surface area contributed by atoms with E-state index >= 15 is 0 Å². The second kappa shape index (κ2) is 5.46. The molecule has 1 aliphatic rings. The molecule has 0 bridgehead atoms. The number of thiophene rings is 1. The molecule has 3 rings (SSSR count). The second-order valence-corrected chi connectivity index (χ2v) is 7.17. The van der Waals surface area contributed by atoms with Crippen LogP contribution < -0.4 is 0 Å². The molecule has 1 amide bonds. The summed E-state index contributed by atoms with van der Waals surface area (Å²) in [4.78, 5) is 15.2. The van der Waals surface area contributed by atoms with Crippen LogP contribution in [0.15, 0.2) is 28.2 Å². The number of hydrogen-bond acceptors (Lipinski definition) is 3. The van der Waals surface area contributed by atoms with E-state index in [9.17, 15) is 4.79 Å². The average Bonchev–Trinajstić information content (AvgIpc) is 3.09. The molecule has 0 spiro atoms. The number of carbonyl (C=O) groups excluding carboxylic acids is 1. The van der Waals surface area contributed by atoms with E-state index in [1.807, 2.05) is 23.1 Å². The SMILES string of the molecule is O=C(c1ccc(Br)s1)N1CCC[C@@H](c2ccn[nH]2)C1. The van der Waals surface area contributed by atoms with Gasteiger partial charge in [0, 0.05) is 30.9 Å². The summed E-state index contributed by atoms with van der Waals surface area (Å²) in [7, 11) is 0. The topological polar surface area (TPSA) is 49.0 Å². The number of likely N-dealkylation sites (tertiary alicyclic amines) is 1. The van der Waals surface area contributed by atoms with Crippen molar-refractivity contribution in [2.45, 2.75) is 18.8 Å². The number of nitrogens with zero attached hydrogens (tertiary/aromatic N) is 2. The molecule has 1 atom stereocenters. The second-order valence-electron chi connectivity index (χ2n) is 4.71. The fourth-order valence-corrected chi connectivity index (χ4v) is 3.85. The molecule has 3 heterocycles. The first-order valence-corrected chi connectivity index (χ1v) is 7.89. The van der Waals surface area contributed by atoms with Crippen LogP contribution in [-0.2, 0) is 0 Å². The molecule has 1 saturated heterocycles. The molecule has 0 aromatic carbocycles. The first-order chi connectivity index (χ1) is 9.24. The van der Waals surface area contributed by atoms with Gasteiger partial charge in [-0.1, -0.05) is 0 Å². The maximum Gasteiger partial charge on any atom is 0.263 e. The largest absolute Gasteiger partial charge is 0.337 e. The predicted octanol–water partition coefficient (Wildman–Crippen LogP) is 3.25. The molecule has 1 aliphatic heterocycles. The Morgan fingerprint density at radius 3 is 3.05 bits per heavy atom. The molecule has 0 aliphatic carbocycles. The van der Waals surface area contributed by atoms with Gasteiger partial charge in [-0.05, 0) is 47.0 Å². The van der Waals surface area contributed by atoms with Crippen LogP contribution in [0, 0.1) is 0 Å². The smallest absolute Gasteiger partial charge is 0.263 e. The zero-order chi connectivity index (χ0) is 13.2. The van der Waals surface area contributed by atoms with Crippen LogP contribution in [0.4, 0.5) is 0 Å². The Hall–Kier alpha value is -1.14. The third-order valence-corrected chi connectivity index (χ3v) is 5.07. The van der Waals surface area contributed by atoms with Crippen molar-refractivity contribution < 1.29 is 4.79 Å². The fraction of sp³-hybridized carbons (Fsp3) is 0.385. The Kier molecular flexibility index (Phi) is 3.70. The molecule has 6 heteroatoms. The summed E-state index contributed by atoms with van der Waals surface area (Å²) in [6.07, 6.45) is 3.93. The minimum atomic E-state index is 0.139. The first-order valence-electron chi connectivity index (χ1n) is 6.28. The van der Waals surface area contributed by atoms with E-state index in [2.05, 4.69) is 26.1 Å². The molecule has 1 N–H and O–H groups in total. The maximum atomic E-state index is 12.4. The molecular weight excluding hydrogens is 326 g/mol. The number of nitrogens with one attached hydrogen (secondary N) is 1. The standard InChI is InChI=1S/C13H14BrN3OS/c14-12-4-3-11(19-12)13(18)17-7-1-2-9(8-17)10-5-6-15-16-10/h3-6,9H,1-2,7-8H2,(H,15,16)/t9-/m1/s1. The Bertz CT molecular complexity index is 566. The number of aromatic nitrogens is 2. The van der Waals surface area contributed by atoms with Gasteiger partial charge in [0.2, 0.25) is 0 Å². The highest BCUT2D eigenvalue weighted by Gasteiger charge is 2.26. The highest BCUT2D eigenvalue weighted by atomic mass is 79.9. The van der Waals surface area contributed by atoms with E-state index in [-0.39, 0.29) is 5.91 Å². The summed E-state index contributed by atoms with van der Waals surface area (Å²) in [5.74, 6) is 0.517. The van der Waals surface area contributed by atoms with Crippen molar-refractivity contribution in [3.63, 3.8) is 0 Å². The summed E-state index contributed by atoms with van der Waals surface area (Å²) >= 11 is 4.90. The van der Waals surface area contributed by atoms with E-state index < -0.39 is 0 Å². The van der Waals surface area contributed by atoms with Gasteiger partial charge in [-0.2, -0.15) is 5.10 Å². The summed E-state index contributed by atoms with van der Waals surface area (Å²) in [6.45, 7) is 1.62. The van der Waals surface area contributed by atoms with E-state index in [0.29, 0.717) is 5.92 Å². The highest BCUT2D eigenvalue weighted by Crippen LogP contribution is 2.28. The van der Waals surface area contributed by atoms with E-state index in [4.69, 9.17) is 0 Å². The molecule has 0 unspecified atom stereocenters. The van der Waals surface area contributed by atoms with Gasteiger partial charge >= 0.3 is 0 Å². The summed E-state index contributed by atoms with van der Waals surface area (Å²) in [5, 5.41) is 7.01. The fourth-order valence-electron chi connectivity index (χ4n) is 2.49. The van der Waals surface area contributed by atoms with Crippen LogP contribution in [0.2, 0.25) is 0 Å². The van der Waals surface area contributed by atoms with E-state index in [0.717, 1.165) is 40.3 Å². The Balaban J connectivity index is 1.73. The van der Waals surface area contributed by atoms with Crippen LogP contribution in [0.1, 0.15) is 34.1 Å². The number of carbonyl (C=O) groups is 1. The van der Waals surface area contributed by atoms with Crippen molar-refractivity contribution in [2.75, 3.05) is 13.1 Å². The van der Waals surface area contributed by atoms with Crippen LogP contribution in [0.25, 0.3) is 0 Å². The van der Waals surface area contributed by atoms with Gasteiger partial charge in [0.25, 0.3) is 5.91 Å². The number of H-pyrrole nitrogens is 1. The van der Waals surface area contributed by atoms with E-state index in [1.54, 1.807) is 6.20 Å². The molecule has 4 nitrogen and oxygen atoms in total. The van der Waals surface area contributed by atoms with Crippen molar-refractivity contribution in [3.05, 3.63) is 38.8 Å². The van der Waals surface area contributed by atoms with Crippen molar-refractivity contribution in [1.82, 2.24) is 15.1 Å². The molecule has 0 radical (unpaired) electrons. The van der Waals surface area contributed by atoms with Crippen molar-refractivity contribution in [1.29, 1.82) is 0 Å². The minimum absolute atomic E-state index is 0.139. The van der Waals surface area contributed by atoms with Gasteiger partial charge in [-0.25, -0.2) is 0 Å². The van der Waals surface area contributed by atoms with Crippen molar-refractivity contribution in [2.24, 2.45) is 0 Å². The highest BCUT2D eigenvalue weighted by molar-refractivity contribution is 9.11. The summed E-state index contributed by atoms with van der Waals surface area (Å²) < 4.78 is 0.998. The Labute approximate surface area is 123 Å². The lowest BCUT2D eigenvalue weighted by atomic mass is 9.95. The van der Waals surface area contributed by atoms with E-state index in [1.165, 1.54) is 11.3 Å². The zero-order valence-corrected chi connectivity index (χ0v) is 12.7. The third-order valence-electron chi connectivity index (χ3n) is 3.45. The molecular formula is C13H14BrN3OS. The quantitative estimate of drug-likeness (QED) is 0.912. The molecule has 19 heavy (non-hydrogen) atoms. The molecule has 1 fully saturated rings. The van der Waals surface area contributed by atoms with Crippen molar-refractivity contribution in [3.8, 4) is 0 Å². The normalized spacial score (nSPS) is 19.6. The summed E-state index contributed by atoms with van der Waals surface area (Å²) in [5.41, 5.74) is 1.13. The van der Waals surface area contributed by atoms with Crippen LogP contribution in [0.5, 0.6) is 0 Å². The number of amides is 1. The molecule has 2 aromatic rings. The van der Waals surface area contributed by atoms with Gasteiger partial charge in [-0.15, -0.1) is 11.3 Å². The lowest BCUT2D eigenvalue weighted by molar-refractivity contribution is 0.0711. The monoisotopic (exact) mass is 339 g/mol. The summed E-state index contributed by atoms with van der Waals surface area (Å²) in [6, 6.07) is 5.81.